The number of hydrogen-bond donors (Lipinski definition) is 0. The zero-order valence-corrected chi connectivity index (χ0v) is 37.1. The fraction of sp³-hybridized carbons (Fsp3) is 0.0968. The summed E-state index contributed by atoms with van der Waals surface area (Å²) in [6, 6.07) is 77.2. The molecule has 0 radical (unpaired) electrons. The van der Waals surface area contributed by atoms with Crippen LogP contribution in [0.1, 0.15) is 49.9 Å². The average Bonchev–Trinajstić information content (AvgIpc) is 3.35. The Bertz CT molecular complexity index is 3300. The van der Waals surface area contributed by atoms with Gasteiger partial charge in [-0.2, -0.15) is 0 Å². The molecule has 0 fully saturated rings. The summed E-state index contributed by atoms with van der Waals surface area (Å²) in [6.45, 7) is 9.17. The van der Waals surface area contributed by atoms with Crippen molar-refractivity contribution in [3.05, 3.63) is 235 Å². The first-order valence-corrected chi connectivity index (χ1v) is 22.8. The van der Waals surface area contributed by atoms with Gasteiger partial charge >= 0.3 is 0 Å². The molecule has 0 bridgehead atoms. The van der Waals surface area contributed by atoms with E-state index >= 15 is 0 Å². The van der Waals surface area contributed by atoms with Gasteiger partial charge in [-0.15, -0.1) is 0 Å². The zero-order valence-electron chi connectivity index (χ0n) is 37.1. The topological polar surface area (TPSA) is 18.5 Å². The van der Waals surface area contributed by atoms with Crippen LogP contribution in [-0.2, 0) is 10.8 Å². The molecular weight excluding hydrogens is 787 g/mol. The summed E-state index contributed by atoms with van der Waals surface area (Å²) in [5.41, 5.74) is 15.0. The monoisotopic (exact) mass is 834 g/mol. The van der Waals surface area contributed by atoms with E-state index in [1.54, 1.807) is 0 Å². The number of ether oxygens (including phenoxy) is 2. The lowest BCUT2D eigenvalue weighted by atomic mass is 9.34. The van der Waals surface area contributed by atoms with Crippen molar-refractivity contribution in [2.24, 2.45) is 0 Å². The molecule has 0 atom stereocenters. The lowest BCUT2D eigenvalue weighted by Crippen LogP contribution is -2.57. The third-order valence-electron chi connectivity index (χ3n) is 14.4. The minimum atomic E-state index is -0.224. The van der Waals surface area contributed by atoms with E-state index in [0.717, 1.165) is 50.5 Å². The first-order valence-electron chi connectivity index (χ1n) is 22.8. The first-order chi connectivity index (χ1) is 31.7. The van der Waals surface area contributed by atoms with Crippen molar-refractivity contribution in [1.82, 2.24) is 0 Å². The maximum absolute atomic E-state index is 7.05. The molecular formula is C62H47BO2. The SMILES string of the molecule is CC(C)(c1ccccc1)c1ccc2c(c1)B1c3cc(C(C)(C)c4ccccc4)ccc3Oc3cc(-c4cccc(-c5c6ccccc6c(-c6ccccc6)c6ccccc56)c4)cc(c31)O2. The highest BCUT2D eigenvalue weighted by atomic mass is 16.5. The van der Waals surface area contributed by atoms with Gasteiger partial charge in [0.25, 0.3) is 6.71 Å². The van der Waals surface area contributed by atoms with Crippen molar-refractivity contribution < 1.29 is 9.47 Å². The second-order valence-electron chi connectivity index (χ2n) is 18.8. The molecule has 12 rings (SSSR count). The summed E-state index contributed by atoms with van der Waals surface area (Å²) >= 11 is 0. The predicted molar refractivity (Wildman–Crippen MR) is 273 cm³/mol. The standard InChI is InChI=1S/C62H47BO2/c1-61(2,44-23-10-6-11-24-44)46-31-33-54-52(38-46)63-53-39-47(62(3,4)45-25-12-7-13-26-45)32-34-55(53)65-57-37-43(36-56(64-54)60(57)63)41-21-18-22-42(35-41)59-50-29-16-14-27-48(50)58(40-19-8-5-9-20-40)49-28-15-17-30-51(49)59/h5-39H,1-4H3. The Hall–Kier alpha value is -7.62. The molecule has 65 heavy (non-hydrogen) atoms. The second-order valence-corrected chi connectivity index (χ2v) is 18.8. The van der Waals surface area contributed by atoms with E-state index in [2.05, 4.69) is 240 Å². The van der Waals surface area contributed by atoms with Gasteiger partial charge < -0.3 is 9.47 Å². The summed E-state index contributed by atoms with van der Waals surface area (Å²) in [5, 5.41) is 4.95. The van der Waals surface area contributed by atoms with Crippen LogP contribution in [0.2, 0.25) is 0 Å². The zero-order chi connectivity index (χ0) is 43.9. The molecule has 0 saturated carbocycles. The van der Waals surface area contributed by atoms with Gasteiger partial charge in [0, 0.05) is 16.3 Å². The van der Waals surface area contributed by atoms with Crippen molar-refractivity contribution in [2.45, 2.75) is 38.5 Å². The van der Waals surface area contributed by atoms with Gasteiger partial charge in [-0.3, -0.25) is 0 Å². The second kappa shape index (κ2) is 15.0. The largest absolute Gasteiger partial charge is 0.458 e. The normalized spacial score (nSPS) is 12.8. The van der Waals surface area contributed by atoms with Crippen LogP contribution in [0.25, 0.3) is 54.9 Å². The van der Waals surface area contributed by atoms with E-state index < -0.39 is 0 Å². The van der Waals surface area contributed by atoms with Crippen LogP contribution < -0.4 is 25.9 Å². The maximum Gasteiger partial charge on any atom is 0.260 e. The van der Waals surface area contributed by atoms with Crippen molar-refractivity contribution in [1.29, 1.82) is 0 Å². The van der Waals surface area contributed by atoms with Crippen LogP contribution in [0, 0.1) is 0 Å². The Morgan fingerprint density at radius 3 is 1.18 bits per heavy atom. The van der Waals surface area contributed by atoms with E-state index in [1.807, 2.05) is 0 Å². The van der Waals surface area contributed by atoms with Gasteiger partial charge in [-0.05, 0) is 118 Å². The van der Waals surface area contributed by atoms with E-state index in [4.69, 9.17) is 9.47 Å². The highest BCUT2D eigenvalue weighted by molar-refractivity contribution is 6.98. The van der Waals surface area contributed by atoms with Crippen LogP contribution in [0.3, 0.4) is 0 Å². The summed E-state index contributed by atoms with van der Waals surface area (Å²) in [5.74, 6) is 3.42. The Kier molecular flexibility index (Phi) is 9.00. The molecule has 2 aliphatic heterocycles. The number of rotatable bonds is 7. The minimum Gasteiger partial charge on any atom is -0.458 e. The third-order valence-corrected chi connectivity index (χ3v) is 14.4. The highest BCUT2D eigenvalue weighted by Crippen LogP contribution is 2.46. The van der Waals surface area contributed by atoms with Crippen molar-refractivity contribution in [3.8, 4) is 56.4 Å². The van der Waals surface area contributed by atoms with Crippen molar-refractivity contribution in [2.75, 3.05) is 0 Å². The summed E-state index contributed by atoms with van der Waals surface area (Å²) in [4.78, 5) is 0. The molecule has 0 spiro atoms. The molecule has 0 unspecified atom stereocenters. The van der Waals surface area contributed by atoms with Crippen molar-refractivity contribution >= 4 is 44.6 Å². The Labute approximate surface area is 381 Å². The molecule has 0 saturated heterocycles. The van der Waals surface area contributed by atoms with Crippen LogP contribution in [0.5, 0.6) is 23.0 Å². The van der Waals surface area contributed by atoms with Gasteiger partial charge in [-0.25, -0.2) is 0 Å². The van der Waals surface area contributed by atoms with Gasteiger partial charge in [0.1, 0.15) is 23.0 Å². The molecule has 10 aromatic carbocycles. The van der Waals surface area contributed by atoms with Crippen LogP contribution in [-0.4, -0.2) is 6.71 Å². The van der Waals surface area contributed by atoms with E-state index in [1.165, 1.54) is 66.1 Å². The average molecular weight is 835 g/mol. The molecule has 0 aliphatic carbocycles. The van der Waals surface area contributed by atoms with Gasteiger partial charge in [-0.1, -0.05) is 210 Å². The number of fused-ring (bicyclic) bond motifs is 6. The fourth-order valence-corrected chi connectivity index (χ4v) is 10.7. The van der Waals surface area contributed by atoms with Crippen molar-refractivity contribution in [3.63, 3.8) is 0 Å². The third kappa shape index (κ3) is 6.32. The molecule has 2 nitrogen and oxygen atoms in total. The molecule has 0 aromatic heterocycles. The summed E-state index contributed by atoms with van der Waals surface area (Å²) < 4.78 is 14.1. The van der Waals surface area contributed by atoms with Crippen LogP contribution >= 0.6 is 0 Å². The predicted octanol–water partition coefficient (Wildman–Crippen LogP) is 14.4. The molecule has 10 aromatic rings. The molecule has 0 N–H and O–H groups in total. The maximum atomic E-state index is 7.05. The minimum absolute atomic E-state index is 0.0909. The van der Waals surface area contributed by atoms with E-state index in [9.17, 15) is 0 Å². The Balaban J connectivity index is 1.02. The van der Waals surface area contributed by atoms with Gasteiger partial charge in [0.2, 0.25) is 0 Å². The quantitative estimate of drug-likeness (QED) is 0.118. The summed E-state index contributed by atoms with van der Waals surface area (Å²) in [7, 11) is 0. The van der Waals surface area contributed by atoms with Crippen LogP contribution in [0.4, 0.5) is 0 Å². The molecule has 0 amide bonds. The van der Waals surface area contributed by atoms with Crippen LogP contribution in [0.15, 0.2) is 212 Å². The smallest absolute Gasteiger partial charge is 0.260 e. The van der Waals surface area contributed by atoms with Gasteiger partial charge in [0.15, 0.2) is 0 Å². The molecule has 2 aliphatic rings. The Morgan fingerprint density at radius 2 is 0.708 bits per heavy atom. The fourth-order valence-electron chi connectivity index (χ4n) is 10.7. The lowest BCUT2D eigenvalue weighted by Gasteiger charge is -2.36. The Morgan fingerprint density at radius 1 is 0.308 bits per heavy atom. The van der Waals surface area contributed by atoms with Gasteiger partial charge in [0.05, 0.1) is 0 Å². The number of benzene rings is 10. The van der Waals surface area contributed by atoms with E-state index in [0.29, 0.717) is 0 Å². The molecule has 2 heterocycles. The molecule has 3 heteroatoms. The van der Waals surface area contributed by atoms with E-state index in [-0.39, 0.29) is 17.5 Å². The highest BCUT2D eigenvalue weighted by Gasteiger charge is 2.42. The molecule has 310 valence electrons. The summed E-state index contributed by atoms with van der Waals surface area (Å²) in [6.07, 6.45) is 0. The first kappa shape index (κ1) is 39.0. The number of hydrogen-bond acceptors (Lipinski definition) is 2. The lowest BCUT2D eigenvalue weighted by molar-refractivity contribution is 0.464.